The summed E-state index contributed by atoms with van der Waals surface area (Å²) in [7, 11) is 0. The molecule has 0 aromatic heterocycles. The number of carbonyl (C=O) groups is 1. The van der Waals surface area contributed by atoms with Crippen molar-refractivity contribution in [3.63, 3.8) is 0 Å². The molecule has 1 aromatic rings. The summed E-state index contributed by atoms with van der Waals surface area (Å²) in [4.78, 5) is 12.5. The van der Waals surface area contributed by atoms with Crippen LogP contribution in [0.2, 0.25) is 0 Å². The van der Waals surface area contributed by atoms with Gasteiger partial charge in [0.25, 0.3) is 0 Å². The molecule has 1 aromatic carbocycles. The van der Waals surface area contributed by atoms with Gasteiger partial charge in [0, 0.05) is 0 Å². The summed E-state index contributed by atoms with van der Waals surface area (Å²) in [5, 5.41) is 12.7. The molecule has 1 aliphatic rings. The second-order valence-corrected chi connectivity index (χ2v) is 7.09. The van der Waals surface area contributed by atoms with Crippen molar-refractivity contribution in [3.05, 3.63) is 35.9 Å². The summed E-state index contributed by atoms with van der Waals surface area (Å²) in [6.45, 7) is 3.75. The number of rotatable bonds is 4. The molecule has 0 bridgehead atoms. The number of thioether (sulfide) groups is 1. The maximum absolute atomic E-state index is 12.5. The molecule has 1 aliphatic heterocycles. The van der Waals surface area contributed by atoms with Crippen LogP contribution >= 0.6 is 11.8 Å². The number of aliphatic hydroxyl groups is 1. The van der Waals surface area contributed by atoms with Crippen LogP contribution in [-0.4, -0.2) is 28.1 Å². The summed E-state index contributed by atoms with van der Waals surface area (Å²) < 4.78 is -0.356. The fourth-order valence-electron chi connectivity index (χ4n) is 2.35. The van der Waals surface area contributed by atoms with Crippen LogP contribution < -0.4 is 5.32 Å². The van der Waals surface area contributed by atoms with Gasteiger partial charge in [-0.2, -0.15) is 0 Å². The zero-order valence-electron chi connectivity index (χ0n) is 11.5. The molecule has 0 aliphatic carbocycles. The van der Waals surface area contributed by atoms with Crippen LogP contribution in [0.3, 0.4) is 0 Å². The van der Waals surface area contributed by atoms with Crippen molar-refractivity contribution in [2.24, 2.45) is 0 Å². The number of amides is 1. The zero-order chi connectivity index (χ0) is 13.9. The lowest BCUT2D eigenvalue weighted by atomic mass is 9.91. The van der Waals surface area contributed by atoms with Crippen molar-refractivity contribution in [1.29, 1.82) is 0 Å². The highest BCUT2D eigenvalue weighted by Gasteiger charge is 2.40. The Labute approximate surface area is 118 Å². The van der Waals surface area contributed by atoms with E-state index in [0.29, 0.717) is 0 Å². The molecule has 4 heteroatoms. The first-order valence-corrected chi connectivity index (χ1v) is 7.62. The first-order chi connectivity index (χ1) is 9.00. The Morgan fingerprint density at radius 1 is 1.47 bits per heavy atom. The topological polar surface area (TPSA) is 49.3 Å². The molecular formula is C15H21NO2S. The predicted octanol–water partition coefficient (Wildman–Crippen LogP) is 2.30. The Morgan fingerprint density at radius 3 is 2.68 bits per heavy atom. The van der Waals surface area contributed by atoms with Crippen molar-refractivity contribution in [3.8, 4) is 0 Å². The molecule has 1 fully saturated rings. The Hall–Kier alpha value is -1.00. The van der Waals surface area contributed by atoms with E-state index in [-0.39, 0.29) is 17.3 Å². The highest BCUT2D eigenvalue weighted by atomic mass is 32.2. The largest absolute Gasteiger partial charge is 0.394 e. The number of aliphatic hydroxyl groups excluding tert-OH is 1. The fraction of sp³-hybridized carbons (Fsp3) is 0.533. The quantitative estimate of drug-likeness (QED) is 0.889. The first kappa shape index (κ1) is 14.4. The highest BCUT2D eigenvalue weighted by molar-refractivity contribution is 8.01. The van der Waals surface area contributed by atoms with E-state index in [1.165, 1.54) is 0 Å². The minimum atomic E-state index is -0.718. The van der Waals surface area contributed by atoms with Crippen molar-refractivity contribution < 1.29 is 9.90 Å². The average molecular weight is 279 g/mol. The summed E-state index contributed by atoms with van der Waals surface area (Å²) in [6.07, 6.45) is 1.98. The third-order valence-electron chi connectivity index (χ3n) is 3.82. The van der Waals surface area contributed by atoms with E-state index < -0.39 is 5.54 Å². The van der Waals surface area contributed by atoms with Crippen molar-refractivity contribution in [2.75, 3.05) is 12.4 Å². The number of benzene rings is 1. The maximum atomic E-state index is 12.5. The van der Waals surface area contributed by atoms with Crippen LogP contribution in [-0.2, 0) is 10.3 Å². The smallest absolute Gasteiger partial charge is 0.236 e. The molecule has 2 atom stereocenters. The van der Waals surface area contributed by atoms with E-state index in [1.807, 2.05) is 44.2 Å². The normalized spacial score (nSPS) is 25.8. The van der Waals surface area contributed by atoms with Crippen LogP contribution in [0.5, 0.6) is 0 Å². The monoisotopic (exact) mass is 279 g/mol. The SMILES string of the molecule is CC1(C(=O)NC(C)(CO)c2ccccc2)CCCS1. The predicted molar refractivity (Wildman–Crippen MR) is 79.1 cm³/mol. The van der Waals surface area contributed by atoms with Gasteiger partial charge < -0.3 is 10.4 Å². The maximum Gasteiger partial charge on any atom is 0.236 e. The van der Waals surface area contributed by atoms with Gasteiger partial charge in [-0.05, 0) is 38.0 Å². The van der Waals surface area contributed by atoms with Gasteiger partial charge in [0.05, 0.1) is 16.9 Å². The molecule has 1 amide bonds. The van der Waals surface area contributed by atoms with E-state index in [1.54, 1.807) is 11.8 Å². The average Bonchev–Trinajstić information content (AvgIpc) is 2.88. The van der Waals surface area contributed by atoms with Gasteiger partial charge in [-0.25, -0.2) is 0 Å². The van der Waals surface area contributed by atoms with Gasteiger partial charge in [-0.15, -0.1) is 11.8 Å². The summed E-state index contributed by atoms with van der Waals surface area (Å²) in [6, 6.07) is 9.63. The fourth-order valence-corrected chi connectivity index (χ4v) is 3.56. The number of nitrogens with one attached hydrogen (secondary N) is 1. The van der Waals surface area contributed by atoms with E-state index in [0.717, 1.165) is 24.2 Å². The summed E-state index contributed by atoms with van der Waals surface area (Å²) in [5.74, 6) is 1.06. The lowest BCUT2D eigenvalue weighted by Gasteiger charge is -2.33. The molecule has 2 N–H and O–H groups in total. The molecule has 1 saturated heterocycles. The van der Waals surface area contributed by atoms with Gasteiger partial charge in [0.2, 0.25) is 5.91 Å². The standard InChI is InChI=1S/C15H21NO2S/c1-14(11-17,12-7-4-3-5-8-12)16-13(18)15(2)9-6-10-19-15/h3-5,7-8,17H,6,9-11H2,1-2H3,(H,16,18). The summed E-state index contributed by atoms with van der Waals surface area (Å²) >= 11 is 1.71. The van der Waals surface area contributed by atoms with Crippen LogP contribution in [0.25, 0.3) is 0 Å². The molecule has 0 radical (unpaired) electrons. The third-order valence-corrected chi connectivity index (χ3v) is 5.34. The van der Waals surface area contributed by atoms with E-state index in [9.17, 15) is 9.90 Å². The van der Waals surface area contributed by atoms with E-state index >= 15 is 0 Å². The van der Waals surface area contributed by atoms with Gasteiger partial charge in [0.1, 0.15) is 0 Å². The molecule has 3 nitrogen and oxygen atoms in total. The van der Waals surface area contributed by atoms with E-state index in [4.69, 9.17) is 0 Å². The zero-order valence-corrected chi connectivity index (χ0v) is 12.3. The number of hydrogen-bond acceptors (Lipinski definition) is 3. The van der Waals surface area contributed by atoms with E-state index in [2.05, 4.69) is 5.32 Å². The second kappa shape index (κ2) is 5.55. The molecule has 2 unspecified atom stereocenters. The minimum absolute atomic E-state index is 0.0235. The lowest BCUT2D eigenvalue weighted by molar-refractivity contribution is -0.125. The molecule has 1 heterocycles. The summed E-state index contributed by atoms with van der Waals surface area (Å²) in [5.41, 5.74) is 0.210. The van der Waals surface area contributed by atoms with Crippen molar-refractivity contribution in [1.82, 2.24) is 5.32 Å². The lowest BCUT2D eigenvalue weighted by Crippen LogP contribution is -2.52. The second-order valence-electron chi connectivity index (χ2n) is 5.49. The van der Waals surface area contributed by atoms with Crippen LogP contribution in [0.1, 0.15) is 32.3 Å². The van der Waals surface area contributed by atoms with Gasteiger partial charge in [-0.1, -0.05) is 30.3 Å². The molecule has 19 heavy (non-hydrogen) atoms. The molecular weight excluding hydrogens is 258 g/mol. The van der Waals surface area contributed by atoms with Gasteiger partial charge in [0.15, 0.2) is 0 Å². The molecule has 104 valence electrons. The van der Waals surface area contributed by atoms with Crippen LogP contribution in [0, 0.1) is 0 Å². The number of carbonyl (C=O) groups excluding carboxylic acids is 1. The Morgan fingerprint density at radius 2 is 2.16 bits per heavy atom. The van der Waals surface area contributed by atoms with Crippen LogP contribution in [0.15, 0.2) is 30.3 Å². The van der Waals surface area contributed by atoms with Crippen molar-refractivity contribution >= 4 is 17.7 Å². The number of hydrogen-bond donors (Lipinski definition) is 2. The van der Waals surface area contributed by atoms with Crippen LogP contribution in [0.4, 0.5) is 0 Å². The first-order valence-electron chi connectivity index (χ1n) is 6.63. The highest BCUT2D eigenvalue weighted by Crippen LogP contribution is 2.38. The molecule has 0 spiro atoms. The van der Waals surface area contributed by atoms with Gasteiger partial charge >= 0.3 is 0 Å². The molecule has 2 rings (SSSR count). The van der Waals surface area contributed by atoms with Crippen molar-refractivity contribution in [2.45, 2.75) is 37.0 Å². The Balaban J connectivity index is 2.17. The van der Waals surface area contributed by atoms with Gasteiger partial charge in [-0.3, -0.25) is 4.79 Å². The third kappa shape index (κ3) is 2.95. The Bertz CT molecular complexity index is 443. The molecule has 0 saturated carbocycles. The minimum Gasteiger partial charge on any atom is -0.394 e. The Kier molecular flexibility index (Phi) is 4.21.